The minimum atomic E-state index is 0.113. The van der Waals surface area contributed by atoms with Crippen LogP contribution in [0.25, 0.3) is 43.4 Å². The number of carbonyl (C=O) groups excluding carboxylic acids is 1. The summed E-state index contributed by atoms with van der Waals surface area (Å²) in [4.78, 5) is 17.8. The smallest absolute Gasteiger partial charge is 0.222 e. The molecule has 76 heavy (non-hydrogen) atoms. The number of aryl methyl sites for hydroxylation is 1. The highest BCUT2D eigenvalue weighted by Crippen LogP contribution is 2.41. The maximum absolute atomic E-state index is 12.2. The number of piperidine rings is 1. The van der Waals surface area contributed by atoms with Crippen molar-refractivity contribution in [3.05, 3.63) is 107 Å². The summed E-state index contributed by atoms with van der Waals surface area (Å²) in [5.41, 5.74) is 14.9. The molecule has 0 aliphatic carbocycles. The van der Waals surface area contributed by atoms with E-state index in [-0.39, 0.29) is 5.91 Å². The van der Waals surface area contributed by atoms with Gasteiger partial charge in [-0.25, -0.2) is 5.84 Å². The molecule has 8 rings (SSSR count). The zero-order valence-electron chi connectivity index (χ0n) is 45.4. The first-order valence-corrected chi connectivity index (χ1v) is 27.8. The van der Waals surface area contributed by atoms with Crippen molar-refractivity contribution in [1.29, 1.82) is 0 Å². The number of carbonyl (C=O) groups is 1. The van der Waals surface area contributed by atoms with E-state index in [0.717, 1.165) is 55.0 Å². The van der Waals surface area contributed by atoms with Crippen LogP contribution < -0.4 is 35.8 Å². The number of hydrogen-bond acceptors (Lipinski definition) is 15. The number of hydrogen-bond donors (Lipinski definition) is 3. The second-order valence-electron chi connectivity index (χ2n) is 18.8. The normalized spacial score (nSPS) is 14.0. The van der Waals surface area contributed by atoms with Crippen LogP contribution in [-0.4, -0.2) is 145 Å². The molecule has 0 unspecified atom stereocenters. The number of methoxy groups -OCH3 is 3. The Labute approximate surface area is 453 Å². The van der Waals surface area contributed by atoms with Gasteiger partial charge in [0.2, 0.25) is 5.91 Å². The van der Waals surface area contributed by atoms with Crippen molar-refractivity contribution in [2.24, 2.45) is 11.6 Å². The Bertz CT molecular complexity index is 2740. The zero-order valence-corrected chi connectivity index (χ0v) is 46.3. The van der Waals surface area contributed by atoms with Gasteiger partial charge in [-0.1, -0.05) is 43.7 Å². The van der Waals surface area contributed by atoms with Gasteiger partial charge in [0.15, 0.2) is 23.0 Å². The first-order valence-electron chi connectivity index (χ1n) is 26.9. The molecular weight excluding hydrogens is 983 g/mol. The van der Waals surface area contributed by atoms with Gasteiger partial charge in [-0.15, -0.1) is 11.3 Å². The highest BCUT2D eigenvalue weighted by atomic mass is 32.1. The molecule has 2 aromatic heterocycles. The summed E-state index contributed by atoms with van der Waals surface area (Å²) < 4.78 is 47.2. The molecule has 16 nitrogen and oxygen atoms in total. The van der Waals surface area contributed by atoms with E-state index in [1.54, 1.807) is 37.7 Å². The third-order valence-electron chi connectivity index (χ3n) is 13.6. The van der Waals surface area contributed by atoms with Gasteiger partial charge in [0.25, 0.3) is 0 Å². The van der Waals surface area contributed by atoms with E-state index in [1.165, 1.54) is 70.2 Å². The molecule has 0 saturated carbocycles. The summed E-state index contributed by atoms with van der Waals surface area (Å²) in [6.45, 7) is 16.5. The second kappa shape index (κ2) is 30.7. The van der Waals surface area contributed by atoms with Gasteiger partial charge < -0.3 is 68.3 Å². The van der Waals surface area contributed by atoms with Crippen molar-refractivity contribution >= 4 is 39.0 Å². The Kier molecular flexibility index (Phi) is 23.4. The molecule has 4 aromatic carbocycles. The molecule has 6 aromatic rings. The first kappa shape index (κ1) is 57.8. The number of nitrogens with one attached hydrogen (secondary N) is 1. The lowest BCUT2D eigenvalue weighted by Gasteiger charge is -2.26. The maximum Gasteiger partial charge on any atom is 0.222 e. The number of thiophene rings is 1. The molecule has 0 radical (unpaired) electrons. The Morgan fingerprint density at radius 3 is 2.14 bits per heavy atom. The fourth-order valence-electron chi connectivity index (χ4n) is 9.57. The Morgan fingerprint density at radius 1 is 0.737 bits per heavy atom. The minimum Gasteiger partial charge on any atom is -0.493 e. The number of fused-ring (bicyclic) bond motifs is 4. The Balaban J connectivity index is 0.000000262. The molecule has 1 saturated heterocycles. The largest absolute Gasteiger partial charge is 0.493 e. The van der Waals surface area contributed by atoms with E-state index >= 15 is 0 Å². The van der Waals surface area contributed by atoms with Crippen LogP contribution in [-0.2, 0) is 43.4 Å². The van der Waals surface area contributed by atoms with E-state index in [4.69, 9.17) is 49.5 Å². The number of ether oxygens (including phenoxy) is 8. The van der Waals surface area contributed by atoms with Gasteiger partial charge >= 0.3 is 0 Å². The third-order valence-corrected chi connectivity index (χ3v) is 14.5. The molecule has 0 atom stereocenters. The predicted molar refractivity (Wildman–Crippen MR) is 304 cm³/mol. The average Bonchev–Trinajstić information content (AvgIpc) is 4.09. The molecule has 2 aliphatic heterocycles. The summed E-state index contributed by atoms with van der Waals surface area (Å²) in [6, 6.07) is 27.7. The number of amides is 1. The number of rotatable bonds is 28. The van der Waals surface area contributed by atoms with Crippen LogP contribution in [0.3, 0.4) is 0 Å². The van der Waals surface area contributed by atoms with Crippen molar-refractivity contribution in [3.8, 4) is 44.6 Å². The third kappa shape index (κ3) is 16.6. The molecule has 1 fully saturated rings. The van der Waals surface area contributed by atoms with Crippen LogP contribution in [0.15, 0.2) is 96.1 Å². The second-order valence-corrected chi connectivity index (χ2v) is 19.7. The summed E-state index contributed by atoms with van der Waals surface area (Å²) in [6.07, 6.45) is 7.06. The van der Waals surface area contributed by atoms with Crippen LogP contribution in [0, 0.1) is 0 Å². The average molecular weight is 1060 g/mol. The topological polar surface area (TPSA) is 170 Å². The zero-order chi connectivity index (χ0) is 53.5. The van der Waals surface area contributed by atoms with Gasteiger partial charge in [-0.05, 0) is 109 Å². The summed E-state index contributed by atoms with van der Waals surface area (Å²) >= 11 is 1.78. The quantitative estimate of drug-likeness (QED) is 0.0242. The van der Waals surface area contributed by atoms with Crippen LogP contribution in [0.1, 0.15) is 57.1 Å². The summed E-state index contributed by atoms with van der Waals surface area (Å²) in [5.74, 6) is 8.83. The van der Waals surface area contributed by atoms with Crippen LogP contribution in [0.5, 0.6) is 23.0 Å². The van der Waals surface area contributed by atoms with Crippen molar-refractivity contribution in [1.82, 2.24) is 24.7 Å². The lowest BCUT2D eigenvalue weighted by Crippen LogP contribution is -2.33. The standard InChI is InChI=1S/C38H56N6O4S.C21H25NO5/c1-2-44-36-11-8-31(27-35(36)34-10-9-32(28-37(34)44)38-7-6-26-49-38)29-41-13-18-45-20-22-47-24-25-48-23-21-46-19-17-43(40)30-33(39)12-16-42-14-4-3-5-15-42;1-5-20(23)22-8-9-27-21-16(13-22)10-15(12-19(21)26-4)14-6-7-17(24-2)18(11-14)25-3/h6-11,26-28,30,41H,2-5,12-25,29,39-40H2,1H3;6-7,10-12H,5,8-9,13H2,1-4H3/b33-30-;. The van der Waals surface area contributed by atoms with Gasteiger partial charge in [0.1, 0.15) is 6.61 Å². The lowest BCUT2D eigenvalue weighted by atomic mass is 10.0. The highest BCUT2D eigenvalue weighted by molar-refractivity contribution is 7.13. The minimum absolute atomic E-state index is 0.113. The van der Waals surface area contributed by atoms with E-state index in [0.29, 0.717) is 109 Å². The van der Waals surface area contributed by atoms with Crippen molar-refractivity contribution < 1.29 is 42.7 Å². The van der Waals surface area contributed by atoms with Crippen LogP contribution in [0.4, 0.5) is 0 Å². The Hall–Kier alpha value is -5.89. The highest BCUT2D eigenvalue weighted by Gasteiger charge is 2.23. The van der Waals surface area contributed by atoms with Gasteiger partial charge in [-0.3, -0.25) is 4.79 Å². The maximum atomic E-state index is 12.2. The molecule has 4 heterocycles. The van der Waals surface area contributed by atoms with Crippen LogP contribution in [0.2, 0.25) is 0 Å². The van der Waals surface area contributed by atoms with Gasteiger partial charge in [-0.2, -0.15) is 0 Å². The molecule has 2 aliphatic rings. The molecule has 412 valence electrons. The van der Waals surface area contributed by atoms with Crippen molar-refractivity contribution in [3.63, 3.8) is 0 Å². The van der Waals surface area contributed by atoms with Crippen molar-refractivity contribution in [2.45, 2.75) is 65.6 Å². The van der Waals surface area contributed by atoms with E-state index in [1.807, 2.05) is 48.4 Å². The number of nitrogens with zero attached hydrogens (tertiary/aromatic N) is 4. The fourth-order valence-corrected chi connectivity index (χ4v) is 10.3. The molecule has 0 spiro atoms. The van der Waals surface area contributed by atoms with Crippen LogP contribution >= 0.6 is 11.3 Å². The molecule has 5 N–H and O–H groups in total. The molecule has 0 bridgehead atoms. The SMILES string of the molecule is CCC(=O)N1CCOc2c(cc(-c3ccc(OC)c(OC)c3)cc2OC)C1.CCn1c2ccc(CNCCOCCOCCOCCOCCN(N)/C=C(\N)CCN3CCCCC3)cc2c2ccc(-c3cccs3)cc21. The first-order chi connectivity index (χ1) is 37.2. The number of benzene rings is 4. The molecular formula is C59H81N7O9S. The summed E-state index contributed by atoms with van der Waals surface area (Å²) in [7, 11) is 4.85. The lowest BCUT2D eigenvalue weighted by molar-refractivity contribution is -0.131. The molecule has 17 heteroatoms. The number of nitrogens with two attached hydrogens (primary N) is 2. The van der Waals surface area contributed by atoms with Gasteiger partial charge in [0, 0.05) is 89.7 Å². The van der Waals surface area contributed by atoms with E-state index < -0.39 is 0 Å². The summed E-state index contributed by atoms with van der Waals surface area (Å²) in [5, 5.41) is 9.87. The number of likely N-dealkylation sites (tertiary alicyclic amines) is 1. The van der Waals surface area contributed by atoms with E-state index in [2.05, 4.69) is 75.6 Å². The predicted octanol–water partition coefficient (Wildman–Crippen LogP) is 9.06. The fraction of sp³-hybridized carbons (Fsp3) is 0.475. The van der Waals surface area contributed by atoms with E-state index in [9.17, 15) is 4.79 Å². The number of hydrazine groups is 1. The monoisotopic (exact) mass is 1060 g/mol. The number of aromatic nitrogens is 1. The van der Waals surface area contributed by atoms with Crippen molar-refractivity contribution in [2.75, 3.05) is 120 Å². The van der Waals surface area contributed by atoms with Gasteiger partial charge in [0.05, 0.1) is 87.3 Å². The molecule has 1 amide bonds. The Morgan fingerprint density at radius 2 is 1.45 bits per heavy atom.